The number of halogens is 2. The first kappa shape index (κ1) is 18.5. The second kappa shape index (κ2) is 7.14. The third-order valence-corrected chi connectivity index (χ3v) is 4.06. The minimum Gasteiger partial charge on any atom is -0.454 e. The number of ether oxygens (including phenoxy) is 1. The Hall–Kier alpha value is -3.29. The van der Waals surface area contributed by atoms with E-state index in [1.54, 1.807) is 37.5 Å². The molecular formula is C19H16F2N2O4. The minimum atomic E-state index is -1.05. The van der Waals surface area contributed by atoms with Crippen LogP contribution < -0.4 is 0 Å². The molecule has 0 saturated carbocycles. The summed E-state index contributed by atoms with van der Waals surface area (Å²) < 4.78 is 38.2. The van der Waals surface area contributed by atoms with Crippen molar-refractivity contribution in [3.05, 3.63) is 70.2 Å². The number of hydrogen-bond donors (Lipinski definition) is 0. The first-order valence-corrected chi connectivity index (χ1v) is 8.06. The molecule has 0 amide bonds. The van der Waals surface area contributed by atoms with Gasteiger partial charge in [-0.3, -0.25) is 9.36 Å². The van der Waals surface area contributed by atoms with Crippen LogP contribution >= 0.6 is 0 Å². The summed E-state index contributed by atoms with van der Waals surface area (Å²) in [7, 11) is 0. The molecule has 0 atom stereocenters. The number of rotatable bonds is 5. The molecule has 1 aromatic carbocycles. The van der Waals surface area contributed by atoms with Crippen LogP contribution in [0, 0.1) is 32.4 Å². The molecule has 0 aliphatic rings. The Morgan fingerprint density at radius 1 is 1.11 bits per heavy atom. The predicted octanol–water partition coefficient (Wildman–Crippen LogP) is 3.71. The van der Waals surface area contributed by atoms with Gasteiger partial charge in [0.1, 0.15) is 17.4 Å². The van der Waals surface area contributed by atoms with Crippen molar-refractivity contribution < 1.29 is 27.6 Å². The van der Waals surface area contributed by atoms with E-state index >= 15 is 0 Å². The van der Waals surface area contributed by atoms with E-state index in [1.807, 2.05) is 0 Å². The largest absolute Gasteiger partial charge is 0.454 e. The van der Waals surface area contributed by atoms with Gasteiger partial charge in [0.05, 0.1) is 5.56 Å². The van der Waals surface area contributed by atoms with Gasteiger partial charge in [-0.1, -0.05) is 5.16 Å². The van der Waals surface area contributed by atoms with Gasteiger partial charge in [0.15, 0.2) is 12.4 Å². The summed E-state index contributed by atoms with van der Waals surface area (Å²) in [4.78, 5) is 24.4. The molecule has 0 spiro atoms. The SMILES string of the molecule is Cc1cc(-n2c(C)cc(C(=O)COC(=O)c3ccc(F)cc3F)c2C)no1. The van der Waals surface area contributed by atoms with Gasteiger partial charge in [-0.25, -0.2) is 13.6 Å². The molecule has 0 saturated heterocycles. The van der Waals surface area contributed by atoms with Crippen LogP contribution in [0.1, 0.15) is 37.9 Å². The molecule has 2 aromatic heterocycles. The Balaban J connectivity index is 1.76. The highest BCUT2D eigenvalue weighted by Crippen LogP contribution is 2.21. The zero-order chi connectivity index (χ0) is 19.7. The summed E-state index contributed by atoms with van der Waals surface area (Å²) in [5.41, 5.74) is 1.27. The van der Waals surface area contributed by atoms with Gasteiger partial charge in [0.2, 0.25) is 5.78 Å². The van der Waals surface area contributed by atoms with Crippen molar-refractivity contribution in [1.29, 1.82) is 0 Å². The van der Waals surface area contributed by atoms with E-state index in [9.17, 15) is 18.4 Å². The molecule has 0 aliphatic carbocycles. The van der Waals surface area contributed by atoms with E-state index in [0.29, 0.717) is 28.9 Å². The van der Waals surface area contributed by atoms with Crippen LogP contribution in [0.2, 0.25) is 0 Å². The van der Waals surface area contributed by atoms with Crippen molar-refractivity contribution >= 4 is 11.8 Å². The monoisotopic (exact) mass is 374 g/mol. The van der Waals surface area contributed by atoms with Crippen LogP contribution in [-0.4, -0.2) is 28.1 Å². The fourth-order valence-corrected chi connectivity index (χ4v) is 2.80. The molecule has 0 aliphatic heterocycles. The second-order valence-electron chi connectivity index (χ2n) is 6.04. The summed E-state index contributed by atoms with van der Waals surface area (Å²) in [6, 6.07) is 5.86. The van der Waals surface area contributed by atoms with Crippen LogP contribution in [0.5, 0.6) is 0 Å². The van der Waals surface area contributed by atoms with Crippen LogP contribution in [0.4, 0.5) is 8.78 Å². The molecular weight excluding hydrogens is 358 g/mol. The Bertz CT molecular complexity index is 1040. The molecule has 0 radical (unpaired) electrons. The van der Waals surface area contributed by atoms with E-state index in [0.717, 1.165) is 17.8 Å². The standard InChI is InChI=1S/C19H16F2N2O4/c1-10-6-15(12(3)23(10)18-7-11(2)27-22-18)17(24)9-26-19(25)14-5-4-13(20)8-16(14)21/h4-8H,9H2,1-3H3. The van der Waals surface area contributed by atoms with Gasteiger partial charge in [0.25, 0.3) is 0 Å². The van der Waals surface area contributed by atoms with E-state index in [4.69, 9.17) is 9.26 Å². The molecule has 0 fully saturated rings. The first-order chi connectivity index (χ1) is 12.8. The molecule has 0 unspecified atom stereocenters. The van der Waals surface area contributed by atoms with Crippen molar-refractivity contribution in [3.8, 4) is 5.82 Å². The van der Waals surface area contributed by atoms with Crippen molar-refractivity contribution in [2.24, 2.45) is 0 Å². The van der Waals surface area contributed by atoms with Crippen LogP contribution in [0.15, 0.2) is 34.9 Å². The third-order valence-electron chi connectivity index (χ3n) is 4.06. The average molecular weight is 374 g/mol. The Morgan fingerprint density at radius 3 is 2.48 bits per heavy atom. The first-order valence-electron chi connectivity index (χ1n) is 8.06. The number of aromatic nitrogens is 2. The zero-order valence-electron chi connectivity index (χ0n) is 14.9. The number of carbonyl (C=O) groups excluding carboxylic acids is 2. The topological polar surface area (TPSA) is 74.3 Å². The number of aryl methyl sites for hydroxylation is 2. The Kier molecular flexibility index (Phi) is 4.89. The maximum absolute atomic E-state index is 13.6. The van der Waals surface area contributed by atoms with Crippen molar-refractivity contribution in [2.45, 2.75) is 20.8 Å². The molecule has 3 rings (SSSR count). The number of ketones is 1. The smallest absolute Gasteiger partial charge is 0.341 e. The lowest BCUT2D eigenvalue weighted by molar-refractivity contribution is 0.0470. The molecule has 8 heteroatoms. The summed E-state index contributed by atoms with van der Waals surface area (Å²) in [6.45, 7) is 4.71. The van der Waals surface area contributed by atoms with Gasteiger partial charge < -0.3 is 9.26 Å². The van der Waals surface area contributed by atoms with Crippen molar-refractivity contribution in [2.75, 3.05) is 6.61 Å². The van der Waals surface area contributed by atoms with Gasteiger partial charge >= 0.3 is 5.97 Å². The van der Waals surface area contributed by atoms with Crippen LogP contribution in [-0.2, 0) is 4.74 Å². The lowest BCUT2D eigenvalue weighted by Crippen LogP contribution is -2.16. The number of benzene rings is 1. The number of hydrogen-bond acceptors (Lipinski definition) is 5. The molecule has 2 heterocycles. The highest BCUT2D eigenvalue weighted by molar-refractivity contribution is 6.00. The highest BCUT2D eigenvalue weighted by Gasteiger charge is 2.21. The van der Waals surface area contributed by atoms with Gasteiger partial charge in [-0.05, 0) is 39.0 Å². The number of Topliss-reactive ketones (excluding diaryl/α,β-unsaturated/α-hetero) is 1. The average Bonchev–Trinajstić information content (AvgIpc) is 3.15. The summed E-state index contributed by atoms with van der Waals surface area (Å²) in [5, 5.41) is 3.93. The van der Waals surface area contributed by atoms with E-state index in [2.05, 4.69) is 5.16 Å². The Labute approximate surface area is 153 Å². The van der Waals surface area contributed by atoms with Gasteiger partial charge in [-0.2, -0.15) is 0 Å². The normalized spacial score (nSPS) is 10.9. The quantitative estimate of drug-likeness (QED) is 0.503. The van der Waals surface area contributed by atoms with Crippen LogP contribution in [0.3, 0.4) is 0 Å². The fourth-order valence-electron chi connectivity index (χ4n) is 2.80. The lowest BCUT2D eigenvalue weighted by atomic mass is 10.1. The summed E-state index contributed by atoms with van der Waals surface area (Å²) in [5.74, 6) is -2.19. The highest BCUT2D eigenvalue weighted by atomic mass is 19.1. The van der Waals surface area contributed by atoms with Crippen molar-refractivity contribution in [3.63, 3.8) is 0 Å². The number of carbonyl (C=O) groups is 2. The minimum absolute atomic E-state index is 0.348. The molecule has 0 N–H and O–H groups in total. The van der Waals surface area contributed by atoms with E-state index < -0.39 is 35.6 Å². The number of esters is 1. The summed E-state index contributed by atoms with van der Waals surface area (Å²) >= 11 is 0. The molecule has 140 valence electrons. The second-order valence-corrected chi connectivity index (χ2v) is 6.04. The van der Waals surface area contributed by atoms with Gasteiger partial charge in [0, 0.05) is 29.1 Å². The maximum Gasteiger partial charge on any atom is 0.341 e. The van der Waals surface area contributed by atoms with Gasteiger partial charge in [-0.15, -0.1) is 0 Å². The maximum atomic E-state index is 13.6. The Morgan fingerprint density at radius 2 is 1.85 bits per heavy atom. The fraction of sp³-hybridized carbons (Fsp3) is 0.211. The van der Waals surface area contributed by atoms with E-state index in [-0.39, 0.29) is 0 Å². The molecule has 3 aromatic rings. The van der Waals surface area contributed by atoms with Crippen molar-refractivity contribution in [1.82, 2.24) is 9.72 Å². The summed E-state index contributed by atoms with van der Waals surface area (Å²) in [6.07, 6.45) is 0. The number of nitrogens with zero attached hydrogens (tertiary/aromatic N) is 2. The molecule has 27 heavy (non-hydrogen) atoms. The third kappa shape index (κ3) is 3.64. The zero-order valence-corrected chi connectivity index (χ0v) is 14.9. The predicted molar refractivity (Wildman–Crippen MR) is 91.0 cm³/mol. The van der Waals surface area contributed by atoms with Crippen LogP contribution in [0.25, 0.3) is 5.82 Å². The molecule has 0 bridgehead atoms. The lowest BCUT2D eigenvalue weighted by Gasteiger charge is -2.07. The van der Waals surface area contributed by atoms with E-state index in [1.165, 1.54) is 0 Å². The molecule has 6 nitrogen and oxygen atoms in total.